The Morgan fingerprint density at radius 1 is 1.16 bits per heavy atom. The zero-order valence-electron chi connectivity index (χ0n) is 10.4. The fourth-order valence-corrected chi connectivity index (χ4v) is 2.01. The van der Waals surface area contributed by atoms with Crippen LogP contribution in [0.15, 0.2) is 53.0 Å². The van der Waals surface area contributed by atoms with Gasteiger partial charge in [0.2, 0.25) is 0 Å². The Kier molecular flexibility index (Phi) is 4.58. The van der Waals surface area contributed by atoms with Gasteiger partial charge in [0.1, 0.15) is 12.4 Å². The van der Waals surface area contributed by atoms with E-state index in [-0.39, 0.29) is 5.97 Å². The topological polar surface area (TPSA) is 35.5 Å². The molecule has 0 fully saturated rings. The third-order valence-corrected chi connectivity index (χ3v) is 3.38. The van der Waals surface area contributed by atoms with Crippen molar-refractivity contribution in [2.75, 3.05) is 7.11 Å². The molecular formula is C15H13BrO3. The van der Waals surface area contributed by atoms with Crippen molar-refractivity contribution < 1.29 is 14.3 Å². The third kappa shape index (κ3) is 3.58. The molecule has 2 rings (SSSR count). The second kappa shape index (κ2) is 6.38. The van der Waals surface area contributed by atoms with E-state index in [1.165, 1.54) is 7.11 Å². The minimum atomic E-state index is -0.369. The third-order valence-electron chi connectivity index (χ3n) is 2.61. The van der Waals surface area contributed by atoms with E-state index in [4.69, 9.17) is 4.74 Å². The quantitative estimate of drug-likeness (QED) is 0.803. The van der Waals surface area contributed by atoms with Crippen LogP contribution in [-0.2, 0) is 11.3 Å². The Balaban J connectivity index is 2.08. The van der Waals surface area contributed by atoms with E-state index in [9.17, 15) is 4.79 Å². The lowest BCUT2D eigenvalue weighted by molar-refractivity contribution is 0.0600. The van der Waals surface area contributed by atoms with Gasteiger partial charge in [-0.05, 0) is 24.3 Å². The molecule has 0 unspecified atom stereocenters. The summed E-state index contributed by atoms with van der Waals surface area (Å²) in [6.45, 7) is 0.437. The van der Waals surface area contributed by atoms with E-state index in [0.29, 0.717) is 17.9 Å². The molecule has 0 saturated heterocycles. The molecule has 0 atom stereocenters. The van der Waals surface area contributed by atoms with Gasteiger partial charge in [0.15, 0.2) is 0 Å². The van der Waals surface area contributed by atoms with Gasteiger partial charge in [-0.2, -0.15) is 0 Å². The first-order valence-corrected chi connectivity index (χ1v) is 6.54. The number of methoxy groups -OCH3 is 1. The Morgan fingerprint density at radius 3 is 2.68 bits per heavy atom. The monoisotopic (exact) mass is 320 g/mol. The molecule has 0 amide bonds. The molecule has 0 saturated carbocycles. The van der Waals surface area contributed by atoms with E-state index in [2.05, 4.69) is 20.7 Å². The molecule has 0 radical (unpaired) electrons. The van der Waals surface area contributed by atoms with Crippen LogP contribution in [-0.4, -0.2) is 13.1 Å². The normalized spacial score (nSPS) is 10.0. The summed E-state index contributed by atoms with van der Waals surface area (Å²) in [7, 11) is 1.36. The smallest absolute Gasteiger partial charge is 0.337 e. The number of ether oxygens (including phenoxy) is 2. The van der Waals surface area contributed by atoms with Gasteiger partial charge >= 0.3 is 5.97 Å². The van der Waals surface area contributed by atoms with Gasteiger partial charge in [0, 0.05) is 10.0 Å². The molecule has 0 aliphatic rings. The molecule has 3 nitrogen and oxygen atoms in total. The van der Waals surface area contributed by atoms with Crippen LogP contribution in [0, 0.1) is 0 Å². The maximum absolute atomic E-state index is 11.4. The van der Waals surface area contributed by atoms with Gasteiger partial charge < -0.3 is 9.47 Å². The summed E-state index contributed by atoms with van der Waals surface area (Å²) in [5.74, 6) is 0.269. The van der Waals surface area contributed by atoms with Gasteiger partial charge in [-0.25, -0.2) is 4.79 Å². The number of esters is 1. The number of rotatable bonds is 4. The molecule has 0 aliphatic carbocycles. The van der Waals surface area contributed by atoms with Crippen molar-refractivity contribution in [2.45, 2.75) is 6.61 Å². The molecule has 0 aliphatic heterocycles. The molecule has 0 N–H and O–H groups in total. The van der Waals surface area contributed by atoms with E-state index < -0.39 is 0 Å². The first-order chi connectivity index (χ1) is 9.20. The largest absolute Gasteiger partial charge is 0.489 e. The molecule has 19 heavy (non-hydrogen) atoms. The highest BCUT2D eigenvalue weighted by Gasteiger charge is 2.06. The number of halogens is 1. The molecule has 0 heterocycles. The zero-order chi connectivity index (χ0) is 13.7. The molecule has 0 bridgehead atoms. The van der Waals surface area contributed by atoms with Crippen molar-refractivity contribution in [1.29, 1.82) is 0 Å². The fraction of sp³-hybridized carbons (Fsp3) is 0.133. The first kappa shape index (κ1) is 13.6. The predicted octanol–water partition coefficient (Wildman–Crippen LogP) is 3.81. The molecule has 0 spiro atoms. The van der Waals surface area contributed by atoms with Gasteiger partial charge in [0.25, 0.3) is 0 Å². The van der Waals surface area contributed by atoms with Gasteiger partial charge in [0.05, 0.1) is 12.7 Å². The predicted molar refractivity (Wildman–Crippen MR) is 76.3 cm³/mol. The minimum Gasteiger partial charge on any atom is -0.489 e. The highest BCUT2D eigenvalue weighted by atomic mass is 79.9. The van der Waals surface area contributed by atoms with Gasteiger partial charge in [-0.1, -0.05) is 40.2 Å². The van der Waals surface area contributed by atoms with Crippen LogP contribution in [0.5, 0.6) is 5.75 Å². The number of carbonyl (C=O) groups is 1. The van der Waals surface area contributed by atoms with Crippen molar-refractivity contribution in [3.63, 3.8) is 0 Å². The van der Waals surface area contributed by atoms with Crippen molar-refractivity contribution in [1.82, 2.24) is 0 Å². The number of benzene rings is 2. The Bertz CT molecular complexity index is 581. The lowest BCUT2D eigenvalue weighted by Crippen LogP contribution is -2.02. The summed E-state index contributed by atoms with van der Waals surface area (Å²) >= 11 is 3.46. The van der Waals surface area contributed by atoms with Crippen LogP contribution in [0.2, 0.25) is 0 Å². The Labute approximate surface area is 120 Å². The molecule has 2 aromatic carbocycles. The average molecular weight is 321 g/mol. The van der Waals surface area contributed by atoms with Crippen LogP contribution in [0.4, 0.5) is 0 Å². The van der Waals surface area contributed by atoms with Gasteiger partial charge in [-0.3, -0.25) is 0 Å². The van der Waals surface area contributed by atoms with Crippen LogP contribution in [0.1, 0.15) is 15.9 Å². The fourth-order valence-electron chi connectivity index (χ4n) is 1.61. The van der Waals surface area contributed by atoms with E-state index in [0.717, 1.165) is 10.0 Å². The van der Waals surface area contributed by atoms with Crippen LogP contribution in [0.25, 0.3) is 0 Å². The first-order valence-electron chi connectivity index (χ1n) is 5.75. The summed E-state index contributed by atoms with van der Waals surface area (Å²) in [6.07, 6.45) is 0. The standard InChI is InChI=1S/C15H13BrO3/c1-18-15(17)11-6-4-7-13(9-11)19-10-12-5-2-3-8-14(12)16/h2-9H,10H2,1H3. The lowest BCUT2D eigenvalue weighted by Gasteiger charge is -2.08. The molecule has 2 aromatic rings. The second-order valence-electron chi connectivity index (χ2n) is 3.90. The zero-order valence-corrected chi connectivity index (χ0v) is 12.0. The molecule has 0 aromatic heterocycles. The van der Waals surface area contributed by atoms with Crippen molar-refractivity contribution >= 4 is 21.9 Å². The van der Waals surface area contributed by atoms with E-state index in [1.807, 2.05) is 30.3 Å². The minimum absolute atomic E-state index is 0.369. The maximum atomic E-state index is 11.4. The summed E-state index contributed by atoms with van der Waals surface area (Å²) < 4.78 is 11.3. The number of hydrogen-bond acceptors (Lipinski definition) is 3. The summed E-state index contributed by atoms with van der Waals surface area (Å²) in [4.78, 5) is 11.4. The average Bonchev–Trinajstić information content (AvgIpc) is 2.46. The summed E-state index contributed by atoms with van der Waals surface area (Å²) in [6, 6.07) is 14.8. The highest BCUT2D eigenvalue weighted by molar-refractivity contribution is 9.10. The maximum Gasteiger partial charge on any atom is 0.337 e. The van der Waals surface area contributed by atoms with Crippen molar-refractivity contribution in [2.24, 2.45) is 0 Å². The van der Waals surface area contributed by atoms with E-state index in [1.54, 1.807) is 18.2 Å². The van der Waals surface area contributed by atoms with Crippen molar-refractivity contribution in [3.05, 3.63) is 64.1 Å². The molecular weight excluding hydrogens is 308 g/mol. The Morgan fingerprint density at radius 2 is 1.95 bits per heavy atom. The van der Waals surface area contributed by atoms with Crippen LogP contribution in [0.3, 0.4) is 0 Å². The summed E-state index contributed by atoms with van der Waals surface area (Å²) in [5.41, 5.74) is 1.53. The second-order valence-corrected chi connectivity index (χ2v) is 4.75. The van der Waals surface area contributed by atoms with Crippen molar-refractivity contribution in [3.8, 4) is 5.75 Å². The molecule has 4 heteroatoms. The van der Waals surface area contributed by atoms with Crippen LogP contribution < -0.4 is 4.74 Å². The lowest BCUT2D eigenvalue weighted by atomic mass is 10.2. The number of carbonyl (C=O) groups excluding carboxylic acids is 1. The highest BCUT2D eigenvalue weighted by Crippen LogP contribution is 2.20. The van der Waals surface area contributed by atoms with Crippen LogP contribution >= 0.6 is 15.9 Å². The Hall–Kier alpha value is -1.81. The SMILES string of the molecule is COC(=O)c1cccc(OCc2ccccc2Br)c1. The molecule has 98 valence electrons. The summed E-state index contributed by atoms with van der Waals surface area (Å²) in [5, 5.41) is 0. The number of hydrogen-bond donors (Lipinski definition) is 0. The van der Waals surface area contributed by atoms with E-state index >= 15 is 0 Å². The van der Waals surface area contributed by atoms with Gasteiger partial charge in [-0.15, -0.1) is 0 Å².